The zero-order valence-electron chi connectivity index (χ0n) is 10.8. The van der Waals surface area contributed by atoms with Crippen LogP contribution >= 0.6 is 0 Å². The number of hydrogen-bond donors (Lipinski definition) is 0. The first-order valence-corrected chi connectivity index (χ1v) is 7.02. The number of hydrogen-bond acceptors (Lipinski definition) is 2. The fraction of sp³-hybridized carbons (Fsp3) is 0.294. The average Bonchev–Trinajstić information content (AvgIpc) is 3.29. The Labute approximate surface area is 112 Å². The van der Waals surface area contributed by atoms with Crippen molar-refractivity contribution in [3.8, 4) is 0 Å². The second kappa shape index (κ2) is 4.30. The molecule has 0 aliphatic heterocycles. The van der Waals surface area contributed by atoms with Crippen LogP contribution in [-0.2, 0) is 6.42 Å². The maximum absolute atomic E-state index is 4.55. The first kappa shape index (κ1) is 10.9. The highest BCUT2D eigenvalue weighted by molar-refractivity contribution is 6.03. The molecule has 0 N–H and O–H groups in total. The Kier molecular flexibility index (Phi) is 2.47. The van der Waals surface area contributed by atoms with Crippen LogP contribution in [0.3, 0.4) is 0 Å². The number of aryl methyl sites for hydroxylation is 1. The summed E-state index contributed by atoms with van der Waals surface area (Å²) in [7, 11) is 0. The summed E-state index contributed by atoms with van der Waals surface area (Å²) in [6, 6.07) is 10.8. The van der Waals surface area contributed by atoms with Gasteiger partial charge in [0.05, 0.1) is 17.2 Å². The Morgan fingerprint density at radius 2 is 1.89 bits per heavy atom. The molecular formula is C17H16N2. The molecule has 4 rings (SSSR count). The molecule has 1 aliphatic rings. The summed E-state index contributed by atoms with van der Waals surface area (Å²) >= 11 is 0. The van der Waals surface area contributed by atoms with E-state index in [2.05, 4.69) is 34.2 Å². The molecule has 2 heterocycles. The van der Waals surface area contributed by atoms with Crippen LogP contribution in [0.15, 0.2) is 42.7 Å². The SMILES string of the molecule is c1cnc2cnc3cc(CCC4CC4)ccc3c2c1. The van der Waals surface area contributed by atoms with Gasteiger partial charge in [0.2, 0.25) is 0 Å². The molecular weight excluding hydrogens is 232 g/mol. The van der Waals surface area contributed by atoms with E-state index in [1.165, 1.54) is 42.0 Å². The monoisotopic (exact) mass is 248 g/mol. The molecule has 0 amide bonds. The van der Waals surface area contributed by atoms with Crippen LogP contribution in [0.1, 0.15) is 24.8 Å². The van der Waals surface area contributed by atoms with Gasteiger partial charge in [0.25, 0.3) is 0 Å². The van der Waals surface area contributed by atoms with Crippen molar-refractivity contribution >= 4 is 21.8 Å². The fourth-order valence-electron chi connectivity index (χ4n) is 2.72. The molecule has 3 aromatic rings. The number of aromatic nitrogens is 2. The van der Waals surface area contributed by atoms with Gasteiger partial charge in [-0.2, -0.15) is 0 Å². The van der Waals surface area contributed by atoms with Crippen molar-refractivity contribution in [3.05, 3.63) is 48.3 Å². The predicted molar refractivity (Wildman–Crippen MR) is 78.1 cm³/mol. The average molecular weight is 248 g/mol. The van der Waals surface area contributed by atoms with Crippen LogP contribution in [0.4, 0.5) is 0 Å². The highest BCUT2D eigenvalue weighted by Crippen LogP contribution is 2.33. The molecule has 0 atom stereocenters. The minimum absolute atomic E-state index is 0.973. The Morgan fingerprint density at radius 1 is 1.00 bits per heavy atom. The molecule has 0 saturated heterocycles. The van der Waals surface area contributed by atoms with Gasteiger partial charge >= 0.3 is 0 Å². The fourth-order valence-corrected chi connectivity index (χ4v) is 2.72. The summed E-state index contributed by atoms with van der Waals surface area (Å²) in [5.74, 6) is 0.990. The largest absolute Gasteiger partial charge is 0.255 e. The number of rotatable bonds is 3. The normalized spacial score (nSPS) is 15.2. The van der Waals surface area contributed by atoms with Crippen LogP contribution in [-0.4, -0.2) is 9.97 Å². The van der Waals surface area contributed by atoms with E-state index in [0.717, 1.165) is 17.0 Å². The molecule has 19 heavy (non-hydrogen) atoms. The predicted octanol–water partition coefficient (Wildman–Crippen LogP) is 4.13. The van der Waals surface area contributed by atoms with E-state index in [4.69, 9.17) is 0 Å². The quantitative estimate of drug-likeness (QED) is 0.651. The molecule has 0 spiro atoms. The van der Waals surface area contributed by atoms with Gasteiger partial charge in [0.15, 0.2) is 0 Å². The van der Waals surface area contributed by atoms with Gasteiger partial charge < -0.3 is 0 Å². The zero-order chi connectivity index (χ0) is 12.7. The van der Waals surface area contributed by atoms with Crippen LogP contribution in [0.25, 0.3) is 21.8 Å². The maximum atomic E-state index is 4.55. The van der Waals surface area contributed by atoms with Crippen molar-refractivity contribution in [2.75, 3.05) is 0 Å². The van der Waals surface area contributed by atoms with Crippen molar-refractivity contribution in [3.63, 3.8) is 0 Å². The standard InChI is InChI=1S/C17H16N2/c1-2-14-15-8-7-13(6-5-12-3-4-12)10-16(15)19-11-17(14)18-9-1/h1-2,7-12H,3-6H2. The Bertz CT molecular complexity index is 744. The molecule has 1 fully saturated rings. The van der Waals surface area contributed by atoms with Crippen LogP contribution in [0.2, 0.25) is 0 Å². The summed E-state index contributed by atoms with van der Waals surface area (Å²) in [6.45, 7) is 0. The highest BCUT2D eigenvalue weighted by Gasteiger charge is 2.20. The molecule has 2 nitrogen and oxygen atoms in total. The van der Waals surface area contributed by atoms with Gasteiger partial charge in [0.1, 0.15) is 0 Å². The number of fused-ring (bicyclic) bond motifs is 3. The van der Waals surface area contributed by atoms with Gasteiger partial charge in [-0.3, -0.25) is 9.97 Å². The van der Waals surface area contributed by atoms with E-state index in [1.54, 1.807) is 0 Å². The molecule has 0 bridgehead atoms. The maximum Gasteiger partial charge on any atom is 0.0891 e. The van der Waals surface area contributed by atoms with E-state index >= 15 is 0 Å². The van der Waals surface area contributed by atoms with E-state index in [-0.39, 0.29) is 0 Å². The summed E-state index contributed by atoms with van der Waals surface area (Å²) in [4.78, 5) is 8.91. The summed E-state index contributed by atoms with van der Waals surface area (Å²) in [5.41, 5.74) is 3.48. The van der Waals surface area contributed by atoms with Gasteiger partial charge in [-0.15, -0.1) is 0 Å². The summed E-state index contributed by atoms with van der Waals surface area (Å²) in [6.07, 6.45) is 9.08. The molecule has 1 aromatic carbocycles. The zero-order valence-corrected chi connectivity index (χ0v) is 10.8. The third-order valence-electron chi connectivity index (χ3n) is 4.05. The van der Waals surface area contributed by atoms with Gasteiger partial charge in [-0.1, -0.05) is 31.0 Å². The second-order valence-electron chi connectivity index (χ2n) is 5.53. The Morgan fingerprint density at radius 3 is 2.79 bits per heavy atom. The highest BCUT2D eigenvalue weighted by atomic mass is 14.7. The number of nitrogens with zero attached hydrogens (tertiary/aromatic N) is 2. The topological polar surface area (TPSA) is 25.8 Å². The van der Waals surface area contributed by atoms with Crippen LogP contribution in [0.5, 0.6) is 0 Å². The van der Waals surface area contributed by atoms with Crippen LogP contribution in [0, 0.1) is 5.92 Å². The molecule has 1 saturated carbocycles. The number of pyridine rings is 2. The lowest BCUT2D eigenvalue weighted by molar-refractivity contribution is 0.727. The van der Waals surface area contributed by atoms with Crippen molar-refractivity contribution in [2.24, 2.45) is 5.92 Å². The van der Waals surface area contributed by atoms with Gasteiger partial charge in [-0.05, 0) is 36.5 Å². The smallest absolute Gasteiger partial charge is 0.0891 e. The van der Waals surface area contributed by atoms with Crippen molar-refractivity contribution in [1.82, 2.24) is 9.97 Å². The minimum Gasteiger partial charge on any atom is -0.255 e. The lowest BCUT2D eigenvalue weighted by Gasteiger charge is -2.05. The molecule has 94 valence electrons. The minimum atomic E-state index is 0.973. The first-order chi connectivity index (χ1) is 9.40. The molecule has 1 aliphatic carbocycles. The third-order valence-corrected chi connectivity index (χ3v) is 4.05. The molecule has 0 unspecified atom stereocenters. The third kappa shape index (κ3) is 2.07. The van der Waals surface area contributed by atoms with E-state index in [0.29, 0.717) is 0 Å². The van der Waals surface area contributed by atoms with E-state index in [9.17, 15) is 0 Å². The van der Waals surface area contributed by atoms with Crippen LogP contribution < -0.4 is 0 Å². The van der Waals surface area contributed by atoms with Gasteiger partial charge in [0, 0.05) is 17.0 Å². The van der Waals surface area contributed by atoms with Gasteiger partial charge in [-0.25, -0.2) is 0 Å². The molecule has 2 aromatic heterocycles. The Hall–Kier alpha value is -1.96. The van der Waals surface area contributed by atoms with E-state index < -0.39 is 0 Å². The first-order valence-electron chi connectivity index (χ1n) is 7.02. The number of benzene rings is 1. The molecule has 2 heteroatoms. The summed E-state index contributed by atoms with van der Waals surface area (Å²) < 4.78 is 0. The van der Waals surface area contributed by atoms with E-state index in [1.807, 2.05) is 18.5 Å². The summed E-state index contributed by atoms with van der Waals surface area (Å²) in [5, 5.41) is 2.40. The lowest BCUT2D eigenvalue weighted by atomic mass is 10.0. The Balaban J connectivity index is 1.78. The molecule has 0 radical (unpaired) electrons. The lowest BCUT2D eigenvalue weighted by Crippen LogP contribution is -1.89. The second-order valence-corrected chi connectivity index (χ2v) is 5.53. The van der Waals surface area contributed by atoms with Crippen molar-refractivity contribution in [1.29, 1.82) is 0 Å². The van der Waals surface area contributed by atoms with Crippen molar-refractivity contribution < 1.29 is 0 Å². The van der Waals surface area contributed by atoms with Crippen molar-refractivity contribution in [2.45, 2.75) is 25.7 Å².